The molecule has 1 amide bonds. The fraction of sp³-hybridized carbons (Fsp3) is 0.333. The van der Waals surface area contributed by atoms with Crippen molar-refractivity contribution in [3.8, 4) is 28.4 Å². The Morgan fingerprint density at radius 2 is 2.04 bits per heavy atom. The van der Waals surface area contributed by atoms with Crippen LogP contribution in [0.2, 0.25) is 0 Å². The molecule has 0 aliphatic heterocycles. The first-order valence-electron chi connectivity index (χ1n) is 10.1. The number of thioether (sulfide) groups is 1. The van der Waals surface area contributed by atoms with Gasteiger partial charge in [-0.05, 0) is 54.0 Å². The molecule has 2 aromatic carbocycles. The van der Waals surface area contributed by atoms with E-state index >= 15 is 0 Å². The number of phenolic OH excluding ortho intramolecular Hbond substituents is 1. The number of aryl methyl sites for hydroxylation is 1. The molecule has 1 aliphatic carbocycles. The van der Waals surface area contributed by atoms with Gasteiger partial charge in [-0.15, -0.1) is 11.8 Å². The van der Waals surface area contributed by atoms with Gasteiger partial charge in [0.05, 0.1) is 25.2 Å². The Bertz CT molecular complexity index is 1090. The SMILES string of the molecule is [2H]C([2H])([2H])C(=O)N[C@@H]1CCc2cc(O)c(OC)c(OC)c2-c2ccc(SC)c(=O)cc21. The van der Waals surface area contributed by atoms with E-state index in [2.05, 4.69) is 5.32 Å². The van der Waals surface area contributed by atoms with E-state index in [-0.39, 0.29) is 16.9 Å². The zero-order valence-electron chi connectivity index (χ0n) is 18.8. The lowest BCUT2D eigenvalue weighted by molar-refractivity contribution is -0.119. The molecular formula is C21H23NO5S. The minimum Gasteiger partial charge on any atom is -0.504 e. The van der Waals surface area contributed by atoms with Gasteiger partial charge in [-0.25, -0.2) is 0 Å². The highest BCUT2D eigenvalue weighted by Crippen LogP contribution is 2.49. The predicted molar refractivity (Wildman–Crippen MR) is 110 cm³/mol. The quantitative estimate of drug-likeness (QED) is 0.761. The minimum absolute atomic E-state index is 0.0979. The molecule has 0 aromatic heterocycles. The third-order valence-corrected chi connectivity index (χ3v) is 5.60. The van der Waals surface area contributed by atoms with Crippen molar-refractivity contribution in [2.24, 2.45) is 0 Å². The molecule has 1 aliphatic rings. The molecule has 7 heteroatoms. The Morgan fingerprint density at radius 3 is 2.68 bits per heavy atom. The third-order valence-electron chi connectivity index (χ3n) is 4.82. The highest BCUT2D eigenvalue weighted by Gasteiger charge is 2.28. The van der Waals surface area contributed by atoms with E-state index in [0.29, 0.717) is 40.2 Å². The Labute approximate surface area is 172 Å². The molecule has 0 spiro atoms. The summed E-state index contributed by atoms with van der Waals surface area (Å²) in [5, 5.41) is 13.0. The van der Waals surface area contributed by atoms with E-state index < -0.39 is 18.8 Å². The number of fused-ring (bicyclic) bond motifs is 3. The number of aromatic hydroxyl groups is 1. The molecule has 0 unspecified atom stereocenters. The molecule has 1 atom stereocenters. The zero-order valence-corrected chi connectivity index (χ0v) is 16.6. The Balaban J connectivity index is 2.34. The molecule has 28 heavy (non-hydrogen) atoms. The van der Waals surface area contributed by atoms with Gasteiger partial charge in [-0.3, -0.25) is 9.59 Å². The first-order valence-corrected chi connectivity index (χ1v) is 9.85. The van der Waals surface area contributed by atoms with Gasteiger partial charge in [-0.2, -0.15) is 0 Å². The number of amides is 1. The summed E-state index contributed by atoms with van der Waals surface area (Å²) in [7, 11) is 2.86. The maximum absolute atomic E-state index is 12.8. The second kappa shape index (κ2) is 8.14. The van der Waals surface area contributed by atoms with Gasteiger partial charge in [-0.1, -0.05) is 6.07 Å². The molecule has 2 aromatic rings. The van der Waals surface area contributed by atoms with E-state index in [1.54, 1.807) is 24.5 Å². The fourth-order valence-electron chi connectivity index (χ4n) is 3.64. The van der Waals surface area contributed by atoms with Gasteiger partial charge in [0.2, 0.25) is 11.7 Å². The largest absolute Gasteiger partial charge is 0.504 e. The number of ether oxygens (including phenoxy) is 2. The molecule has 0 fully saturated rings. The van der Waals surface area contributed by atoms with Crippen molar-refractivity contribution in [1.29, 1.82) is 0 Å². The van der Waals surface area contributed by atoms with Gasteiger partial charge in [0.25, 0.3) is 0 Å². The topological polar surface area (TPSA) is 84.9 Å². The monoisotopic (exact) mass is 404 g/mol. The molecule has 148 valence electrons. The number of hydrogen-bond donors (Lipinski definition) is 2. The number of rotatable bonds is 4. The molecule has 0 heterocycles. The van der Waals surface area contributed by atoms with Crippen LogP contribution in [0.25, 0.3) is 11.1 Å². The van der Waals surface area contributed by atoms with E-state index in [9.17, 15) is 14.7 Å². The van der Waals surface area contributed by atoms with E-state index in [0.717, 1.165) is 5.56 Å². The van der Waals surface area contributed by atoms with Crippen LogP contribution >= 0.6 is 11.8 Å². The van der Waals surface area contributed by atoms with Crippen molar-refractivity contribution in [3.05, 3.63) is 45.6 Å². The summed E-state index contributed by atoms with van der Waals surface area (Å²) in [6, 6.07) is 5.71. The number of carbonyl (C=O) groups excluding carboxylic acids is 1. The smallest absolute Gasteiger partial charge is 0.217 e. The van der Waals surface area contributed by atoms with Gasteiger partial charge in [0.15, 0.2) is 16.9 Å². The number of hydrogen-bond acceptors (Lipinski definition) is 6. The Kier molecular flexibility index (Phi) is 4.74. The van der Waals surface area contributed by atoms with Crippen molar-refractivity contribution >= 4 is 17.7 Å². The lowest BCUT2D eigenvalue weighted by Crippen LogP contribution is -2.26. The number of methoxy groups -OCH3 is 2. The Morgan fingerprint density at radius 1 is 1.29 bits per heavy atom. The second-order valence-corrected chi connectivity index (χ2v) is 7.19. The molecule has 0 saturated heterocycles. The summed E-state index contributed by atoms with van der Waals surface area (Å²) >= 11 is 1.29. The highest BCUT2D eigenvalue weighted by atomic mass is 32.2. The van der Waals surface area contributed by atoms with Crippen LogP contribution in [0.4, 0.5) is 0 Å². The molecule has 3 rings (SSSR count). The maximum atomic E-state index is 12.8. The van der Waals surface area contributed by atoms with Gasteiger partial charge in [0, 0.05) is 16.5 Å². The molecule has 2 N–H and O–H groups in total. The van der Waals surface area contributed by atoms with Crippen molar-refractivity contribution in [2.75, 3.05) is 20.5 Å². The van der Waals surface area contributed by atoms with E-state index in [1.165, 1.54) is 32.0 Å². The summed E-state index contributed by atoms with van der Waals surface area (Å²) in [5.41, 5.74) is 2.19. The third kappa shape index (κ3) is 3.54. The van der Waals surface area contributed by atoms with Crippen LogP contribution in [0.5, 0.6) is 17.2 Å². The maximum Gasteiger partial charge on any atom is 0.217 e. The van der Waals surface area contributed by atoms with Crippen LogP contribution < -0.4 is 20.2 Å². The number of phenols is 1. The van der Waals surface area contributed by atoms with Crippen LogP contribution in [0.3, 0.4) is 0 Å². The number of carbonyl (C=O) groups is 1. The summed E-state index contributed by atoms with van der Waals surface area (Å²) in [4.78, 5) is 25.5. The lowest BCUT2D eigenvalue weighted by Gasteiger charge is -2.18. The summed E-state index contributed by atoms with van der Waals surface area (Å²) < 4.78 is 33.1. The lowest BCUT2D eigenvalue weighted by atomic mass is 9.95. The van der Waals surface area contributed by atoms with E-state index in [4.69, 9.17) is 13.6 Å². The van der Waals surface area contributed by atoms with Gasteiger partial charge < -0.3 is 19.9 Å². The Hall–Kier alpha value is -2.67. The second-order valence-electron chi connectivity index (χ2n) is 6.34. The number of nitrogens with one attached hydrogen (secondary N) is 1. The summed E-state index contributed by atoms with van der Waals surface area (Å²) in [5.74, 6) is -0.743. The normalized spacial score (nSPS) is 17.1. The highest BCUT2D eigenvalue weighted by molar-refractivity contribution is 7.98. The van der Waals surface area contributed by atoms with Crippen LogP contribution in [-0.2, 0) is 11.2 Å². The molecule has 6 nitrogen and oxygen atoms in total. The molecular weight excluding hydrogens is 378 g/mol. The van der Waals surface area contributed by atoms with Gasteiger partial charge >= 0.3 is 0 Å². The van der Waals surface area contributed by atoms with Crippen molar-refractivity contribution in [3.63, 3.8) is 0 Å². The van der Waals surface area contributed by atoms with Crippen molar-refractivity contribution in [1.82, 2.24) is 5.32 Å². The predicted octanol–water partition coefficient (Wildman–Crippen LogP) is 3.28. The first kappa shape index (κ1) is 16.3. The minimum atomic E-state index is -2.82. The average molecular weight is 405 g/mol. The van der Waals surface area contributed by atoms with Gasteiger partial charge in [0.1, 0.15) is 0 Å². The number of benzene rings is 1. The van der Waals surface area contributed by atoms with Crippen LogP contribution in [-0.4, -0.2) is 31.5 Å². The van der Waals surface area contributed by atoms with E-state index in [1.807, 2.05) is 0 Å². The summed E-state index contributed by atoms with van der Waals surface area (Å²) in [6.07, 6.45) is 2.51. The molecule has 0 radical (unpaired) electrons. The molecule has 0 bridgehead atoms. The van der Waals surface area contributed by atoms with Crippen molar-refractivity contribution < 1.29 is 23.5 Å². The van der Waals surface area contributed by atoms with Crippen LogP contribution in [0.15, 0.2) is 34.0 Å². The summed E-state index contributed by atoms with van der Waals surface area (Å²) in [6.45, 7) is -2.82. The fourth-order valence-corrected chi connectivity index (χ4v) is 4.10. The van der Waals surface area contributed by atoms with Crippen LogP contribution in [0.1, 0.15) is 34.6 Å². The first-order chi connectivity index (χ1) is 14.6. The standard InChI is InChI=1S/C21H23NO5S/c1-11(23)22-15-7-5-12-9-17(25)20(26-2)21(27-3)19(12)13-6-8-18(28-4)16(24)10-14(13)15/h6,8-10,15,25H,5,7H2,1-4H3,(H,22,23)/t15-/m1/s1/i1D3. The average Bonchev–Trinajstić information content (AvgIpc) is 2.95. The molecule has 0 saturated carbocycles. The zero-order chi connectivity index (χ0) is 22.9. The van der Waals surface area contributed by atoms with Crippen LogP contribution in [0, 0.1) is 0 Å². The van der Waals surface area contributed by atoms with Crippen molar-refractivity contribution in [2.45, 2.75) is 30.6 Å².